The molecule has 4 aromatic rings. The lowest BCUT2D eigenvalue weighted by Gasteiger charge is -2.21. The third-order valence-corrected chi connectivity index (χ3v) is 6.68. The molecule has 0 unspecified atom stereocenters. The van der Waals surface area contributed by atoms with E-state index in [2.05, 4.69) is 29.4 Å². The van der Waals surface area contributed by atoms with Gasteiger partial charge in [-0.3, -0.25) is 4.79 Å². The number of aryl methyl sites for hydroxylation is 2. The average Bonchev–Trinajstić information content (AvgIpc) is 3.27. The number of nitrogens with one attached hydrogen (secondary N) is 1. The zero-order valence-electron chi connectivity index (χ0n) is 20.8. The second-order valence-corrected chi connectivity index (χ2v) is 10.4. The number of hydrogen-bond acceptors (Lipinski definition) is 6. The van der Waals surface area contributed by atoms with Crippen molar-refractivity contribution in [3.05, 3.63) is 65.0 Å². The molecule has 8 heteroatoms. The van der Waals surface area contributed by atoms with Gasteiger partial charge in [-0.2, -0.15) is 5.10 Å². The number of amides is 1. The molecular formula is C27H30N6O2. The number of nitrogens with zero attached hydrogens (tertiary/aromatic N) is 5. The van der Waals surface area contributed by atoms with Crippen molar-refractivity contribution in [1.82, 2.24) is 24.7 Å². The minimum absolute atomic E-state index is 0.111. The molecule has 5 rings (SSSR count). The number of hydrogen-bond donors (Lipinski definition) is 2. The topological polar surface area (TPSA) is 106 Å². The van der Waals surface area contributed by atoms with Gasteiger partial charge in [-0.25, -0.2) is 19.6 Å². The van der Waals surface area contributed by atoms with E-state index >= 15 is 0 Å². The van der Waals surface area contributed by atoms with Gasteiger partial charge in [-0.1, -0.05) is 24.3 Å². The third kappa shape index (κ3) is 4.18. The molecule has 0 aliphatic carbocycles. The number of benzene rings is 1. The second-order valence-electron chi connectivity index (χ2n) is 10.4. The van der Waals surface area contributed by atoms with Gasteiger partial charge in [-0.05, 0) is 70.7 Å². The molecule has 2 N–H and O–H groups in total. The van der Waals surface area contributed by atoms with Gasteiger partial charge in [-0.15, -0.1) is 0 Å². The maximum absolute atomic E-state index is 12.7. The maximum Gasteiger partial charge on any atom is 0.235 e. The molecule has 1 aliphatic rings. The Hall–Kier alpha value is -3.65. The molecule has 0 saturated heterocycles. The van der Waals surface area contributed by atoms with Gasteiger partial charge in [0.25, 0.3) is 0 Å². The summed E-state index contributed by atoms with van der Waals surface area (Å²) in [7, 11) is 0. The van der Waals surface area contributed by atoms with Crippen LogP contribution in [0, 0.1) is 6.92 Å². The molecule has 35 heavy (non-hydrogen) atoms. The predicted octanol–water partition coefficient (Wildman–Crippen LogP) is 4.18. The minimum atomic E-state index is -0.857. The van der Waals surface area contributed by atoms with Crippen molar-refractivity contribution in [3.63, 3.8) is 0 Å². The molecule has 0 fully saturated rings. The van der Waals surface area contributed by atoms with Gasteiger partial charge < -0.3 is 10.4 Å². The molecule has 0 radical (unpaired) electrons. The lowest BCUT2D eigenvalue weighted by atomic mass is 9.84. The van der Waals surface area contributed by atoms with Crippen LogP contribution in [0.15, 0.2) is 42.6 Å². The Morgan fingerprint density at radius 1 is 1.11 bits per heavy atom. The van der Waals surface area contributed by atoms with Crippen molar-refractivity contribution in [2.45, 2.75) is 65.0 Å². The SMILES string of the molecule is Cc1ccccc1Cn1nc(-c2nc(CCC(C)(C)O)c3c(n2)NC(=O)C3(C)C)c2cccnc21. The molecule has 1 amide bonds. The van der Waals surface area contributed by atoms with E-state index in [9.17, 15) is 9.90 Å². The standard InChI is InChI=1S/C27H30N6O2/c1-16-9-6-7-10-17(16)15-33-24-18(11-8-14-28-24)21(32-33)23-29-19(12-13-26(2,3)35)20-22(30-23)31-25(34)27(20,4)5/h6-11,14,35H,12-13,15H2,1-5H3,(H,29,30,31,34). The van der Waals surface area contributed by atoms with Crippen molar-refractivity contribution in [2.24, 2.45) is 0 Å². The van der Waals surface area contributed by atoms with Crippen LogP contribution in [0.3, 0.4) is 0 Å². The van der Waals surface area contributed by atoms with Crippen molar-refractivity contribution < 1.29 is 9.90 Å². The lowest BCUT2D eigenvalue weighted by molar-refractivity contribution is -0.119. The highest BCUT2D eigenvalue weighted by Gasteiger charge is 2.42. The summed E-state index contributed by atoms with van der Waals surface area (Å²) in [6, 6.07) is 12.0. The summed E-state index contributed by atoms with van der Waals surface area (Å²) in [6.45, 7) is 9.95. The third-order valence-electron chi connectivity index (χ3n) is 6.68. The molecule has 1 aromatic carbocycles. The van der Waals surface area contributed by atoms with Crippen molar-refractivity contribution in [3.8, 4) is 11.5 Å². The van der Waals surface area contributed by atoms with Gasteiger partial charge in [0.2, 0.25) is 5.91 Å². The first-order valence-corrected chi connectivity index (χ1v) is 11.9. The van der Waals surface area contributed by atoms with Crippen LogP contribution in [0.25, 0.3) is 22.6 Å². The number of carbonyl (C=O) groups excluding carboxylic acids is 1. The van der Waals surface area contributed by atoms with Crippen LogP contribution in [0.2, 0.25) is 0 Å². The fraction of sp³-hybridized carbons (Fsp3) is 0.370. The van der Waals surface area contributed by atoms with Crippen molar-refractivity contribution in [2.75, 3.05) is 5.32 Å². The highest BCUT2D eigenvalue weighted by molar-refractivity contribution is 6.05. The largest absolute Gasteiger partial charge is 0.390 e. The van der Waals surface area contributed by atoms with Gasteiger partial charge in [0.1, 0.15) is 11.5 Å². The molecule has 0 atom stereocenters. The van der Waals surface area contributed by atoms with E-state index in [0.29, 0.717) is 36.7 Å². The summed E-state index contributed by atoms with van der Waals surface area (Å²) in [4.78, 5) is 27.0. The summed E-state index contributed by atoms with van der Waals surface area (Å²) < 4.78 is 1.88. The highest BCUT2D eigenvalue weighted by Crippen LogP contribution is 2.40. The fourth-order valence-electron chi connectivity index (χ4n) is 4.58. The minimum Gasteiger partial charge on any atom is -0.390 e. The normalized spacial score (nSPS) is 14.9. The summed E-state index contributed by atoms with van der Waals surface area (Å²) >= 11 is 0. The molecule has 180 valence electrons. The van der Waals surface area contributed by atoms with Crippen LogP contribution in [-0.2, 0) is 23.2 Å². The summed E-state index contributed by atoms with van der Waals surface area (Å²) in [6.07, 6.45) is 2.77. The highest BCUT2D eigenvalue weighted by atomic mass is 16.3. The fourth-order valence-corrected chi connectivity index (χ4v) is 4.58. The number of anilines is 1. The van der Waals surface area contributed by atoms with Gasteiger partial charge >= 0.3 is 0 Å². The predicted molar refractivity (Wildman–Crippen MR) is 135 cm³/mol. The van der Waals surface area contributed by atoms with Crippen LogP contribution < -0.4 is 5.32 Å². The molecule has 4 heterocycles. The van der Waals surface area contributed by atoms with Gasteiger partial charge in [0.05, 0.1) is 28.6 Å². The zero-order valence-corrected chi connectivity index (χ0v) is 20.8. The van der Waals surface area contributed by atoms with E-state index in [1.165, 1.54) is 5.56 Å². The summed E-state index contributed by atoms with van der Waals surface area (Å²) in [5, 5.41) is 19.0. The Morgan fingerprint density at radius 3 is 2.63 bits per heavy atom. The average molecular weight is 471 g/mol. The molecule has 1 aliphatic heterocycles. The van der Waals surface area contributed by atoms with E-state index in [1.54, 1.807) is 20.0 Å². The second kappa shape index (κ2) is 8.23. The lowest BCUT2D eigenvalue weighted by Crippen LogP contribution is -2.28. The maximum atomic E-state index is 12.7. The van der Waals surface area contributed by atoms with E-state index in [4.69, 9.17) is 15.1 Å². The molecular weight excluding hydrogens is 440 g/mol. The number of aromatic nitrogens is 5. The molecule has 0 bridgehead atoms. The van der Waals surface area contributed by atoms with Gasteiger partial charge in [0, 0.05) is 11.8 Å². The Balaban J connectivity index is 1.66. The Morgan fingerprint density at radius 2 is 1.89 bits per heavy atom. The first-order valence-electron chi connectivity index (χ1n) is 11.9. The number of rotatable bonds is 6. The Kier molecular flexibility index (Phi) is 5.44. The summed E-state index contributed by atoms with van der Waals surface area (Å²) in [5.74, 6) is 0.843. The van der Waals surface area contributed by atoms with Crippen molar-refractivity contribution in [1.29, 1.82) is 0 Å². The number of carbonyl (C=O) groups is 1. The van der Waals surface area contributed by atoms with E-state index in [1.807, 2.05) is 42.8 Å². The first-order chi connectivity index (χ1) is 16.5. The van der Waals surface area contributed by atoms with Crippen molar-refractivity contribution >= 4 is 22.8 Å². The van der Waals surface area contributed by atoms with Crippen LogP contribution in [0.5, 0.6) is 0 Å². The number of aliphatic hydroxyl groups is 1. The van der Waals surface area contributed by atoms with E-state index in [-0.39, 0.29) is 5.91 Å². The molecule has 8 nitrogen and oxygen atoms in total. The number of fused-ring (bicyclic) bond motifs is 2. The van der Waals surface area contributed by atoms with E-state index in [0.717, 1.165) is 27.9 Å². The molecule has 3 aromatic heterocycles. The van der Waals surface area contributed by atoms with Crippen LogP contribution in [-0.4, -0.2) is 41.3 Å². The van der Waals surface area contributed by atoms with Crippen LogP contribution in [0.1, 0.15) is 56.5 Å². The smallest absolute Gasteiger partial charge is 0.235 e. The van der Waals surface area contributed by atoms with Gasteiger partial charge in [0.15, 0.2) is 11.5 Å². The monoisotopic (exact) mass is 470 g/mol. The van der Waals surface area contributed by atoms with E-state index < -0.39 is 11.0 Å². The van der Waals surface area contributed by atoms with Crippen LogP contribution in [0.4, 0.5) is 5.82 Å². The molecule has 0 saturated carbocycles. The quantitative estimate of drug-likeness (QED) is 0.438. The Labute approximate surface area is 204 Å². The zero-order chi connectivity index (χ0) is 25.0. The first kappa shape index (κ1) is 23.1. The summed E-state index contributed by atoms with van der Waals surface area (Å²) in [5.41, 5.74) is 3.63. The number of pyridine rings is 1. The Bertz CT molecular complexity index is 1450. The van der Waals surface area contributed by atoms with Crippen LogP contribution >= 0.6 is 0 Å². The molecule has 0 spiro atoms.